The van der Waals surface area contributed by atoms with Gasteiger partial charge < -0.3 is 10.4 Å². The minimum absolute atomic E-state index is 0.0940. The lowest BCUT2D eigenvalue weighted by atomic mass is 10.2. The number of amides is 1. The highest BCUT2D eigenvalue weighted by Crippen LogP contribution is 2.02. The van der Waals surface area contributed by atoms with Crippen molar-refractivity contribution in [3.05, 3.63) is 23.0 Å². The second kappa shape index (κ2) is 5.63. The lowest BCUT2D eigenvalue weighted by molar-refractivity contribution is 0.0909. The van der Waals surface area contributed by atoms with E-state index in [0.717, 1.165) is 0 Å². The van der Waals surface area contributed by atoms with Gasteiger partial charge >= 0.3 is 0 Å². The molecule has 0 radical (unpaired) electrons. The van der Waals surface area contributed by atoms with Gasteiger partial charge in [0.05, 0.1) is 12.6 Å². The number of carbonyl (C=O) groups excluding carboxylic acids is 1. The molecule has 2 N–H and O–H groups in total. The van der Waals surface area contributed by atoms with Crippen LogP contribution in [0.3, 0.4) is 0 Å². The monoisotopic (exact) mass is 229 g/mol. The molecule has 5 nitrogen and oxygen atoms in total. The molecule has 0 bridgehead atoms. The molecule has 1 unspecified atom stereocenters. The Hall–Kier alpha value is -1.20. The van der Waals surface area contributed by atoms with Gasteiger partial charge in [0.25, 0.3) is 5.91 Å². The summed E-state index contributed by atoms with van der Waals surface area (Å²) in [6.45, 7) is 1.78. The highest BCUT2D eigenvalue weighted by Gasteiger charge is 2.12. The molecule has 1 atom stereocenters. The van der Waals surface area contributed by atoms with E-state index in [1.807, 2.05) is 6.92 Å². The molecule has 0 aliphatic carbocycles. The van der Waals surface area contributed by atoms with Crippen LogP contribution in [-0.2, 0) is 0 Å². The molecular formula is C9H12ClN3O2. The fourth-order valence-electron chi connectivity index (χ4n) is 0.973. The summed E-state index contributed by atoms with van der Waals surface area (Å²) in [5, 5.41) is 18.9. The molecule has 82 valence electrons. The van der Waals surface area contributed by atoms with Gasteiger partial charge in [-0.15, -0.1) is 10.2 Å². The van der Waals surface area contributed by atoms with Gasteiger partial charge in [-0.2, -0.15) is 0 Å². The Morgan fingerprint density at radius 1 is 1.60 bits per heavy atom. The van der Waals surface area contributed by atoms with E-state index in [1.54, 1.807) is 0 Å². The van der Waals surface area contributed by atoms with Crippen molar-refractivity contribution in [2.75, 3.05) is 6.61 Å². The zero-order chi connectivity index (χ0) is 11.3. The zero-order valence-electron chi connectivity index (χ0n) is 8.27. The summed E-state index contributed by atoms with van der Waals surface area (Å²) in [5.74, 6) is -0.361. The Bertz CT molecular complexity index is 325. The maximum Gasteiger partial charge on any atom is 0.272 e. The average Bonchev–Trinajstić information content (AvgIpc) is 2.26. The lowest BCUT2D eigenvalue weighted by Crippen LogP contribution is -2.37. The van der Waals surface area contributed by atoms with E-state index in [4.69, 9.17) is 16.7 Å². The molecule has 1 heterocycles. The van der Waals surface area contributed by atoms with Crippen LogP contribution >= 0.6 is 11.6 Å². The summed E-state index contributed by atoms with van der Waals surface area (Å²) in [6.07, 6.45) is 0.656. The summed E-state index contributed by atoms with van der Waals surface area (Å²) >= 11 is 5.53. The van der Waals surface area contributed by atoms with E-state index in [-0.39, 0.29) is 29.4 Å². The van der Waals surface area contributed by atoms with Gasteiger partial charge in [0, 0.05) is 0 Å². The van der Waals surface area contributed by atoms with Crippen LogP contribution in [0.15, 0.2) is 12.1 Å². The van der Waals surface area contributed by atoms with E-state index in [0.29, 0.717) is 6.42 Å². The van der Waals surface area contributed by atoms with Gasteiger partial charge in [0.15, 0.2) is 10.8 Å². The van der Waals surface area contributed by atoms with Crippen LogP contribution in [-0.4, -0.2) is 33.9 Å². The lowest BCUT2D eigenvalue weighted by Gasteiger charge is -2.12. The number of hydrogen-bond acceptors (Lipinski definition) is 4. The first-order chi connectivity index (χ1) is 7.17. The van der Waals surface area contributed by atoms with Crippen LogP contribution in [0.4, 0.5) is 0 Å². The summed E-state index contributed by atoms with van der Waals surface area (Å²) in [6, 6.07) is 2.72. The standard InChI is InChI=1S/C9H12ClN3O2/c1-2-6(5-14)11-9(15)7-3-4-8(10)13-12-7/h3-4,6,14H,2,5H2,1H3,(H,11,15). The highest BCUT2D eigenvalue weighted by molar-refractivity contribution is 6.29. The van der Waals surface area contributed by atoms with Crippen LogP contribution in [0.25, 0.3) is 0 Å². The maximum absolute atomic E-state index is 11.5. The number of nitrogens with zero attached hydrogens (tertiary/aromatic N) is 2. The van der Waals surface area contributed by atoms with Crippen molar-refractivity contribution in [1.82, 2.24) is 15.5 Å². The van der Waals surface area contributed by atoms with Gasteiger partial charge in [-0.25, -0.2) is 0 Å². The summed E-state index contributed by atoms with van der Waals surface area (Å²) in [5.41, 5.74) is 0.186. The molecule has 0 fully saturated rings. The number of nitrogens with one attached hydrogen (secondary N) is 1. The van der Waals surface area contributed by atoms with E-state index in [2.05, 4.69) is 15.5 Å². The number of rotatable bonds is 4. The number of halogens is 1. The van der Waals surface area contributed by atoms with E-state index < -0.39 is 0 Å². The molecule has 0 spiro atoms. The second-order valence-electron chi connectivity index (χ2n) is 3.00. The molecule has 1 aromatic heterocycles. The average molecular weight is 230 g/mol. The Labute approximate surface area is 92.5 Å². The third-order valence-electron chi connectivity index (χ3n) is 1.91. The molecule has 0 aliphatic rings. The summed E-state index contributed by atoms with van der Waals surface area (Å²) < 4.78 is 0. The zero-order valence-corrected chi connectivity index (χ0v) is 9.03. The summed E-state index contributed by atoms with van der Waals surface area (Å²) in [4.78, 5) is 11.5. The van der Waals surface area contributed by atoms with Crippen LogP contribution in [0.1, 0.15) is 23.8 Å². The van der Waals surface area contributed by atoms with Gasteiger partial charge in [0.2, 0.25) is 0 Å². The van der Waals surface area contributed by atoms with Crippen molar-refractivity contribution in [3.8, 4) is 0 Å². The van der Waals surface area contributed by atoms with Crippen LogP contribution in [0, 0.1) is 0 Å². The van der Waals surface area contributed by atoms with Crippen molar-refractivity contribution in [1.29, 1.82) is 0 Å². The minimum atomic E-state index is -0.361. The molecule has 15 heavy (non-hydrogen) atoms. The van der Waals surface area contributed by atoms with Gasteiger partial charge in [0.1, 0.15) is 0 Å². The molecule has 1 aromatic rings. The van der Waals surface area contributed by atoms with E-state index >= 15 is 0 Å². The Balaban J connectivity index is 2.64. The second-order valence-corrected chi connectivity index (χ2v) is 3.39. The first kappa shape index (κ1) is 11.9. The number of aliphatic hydroxyl groups excluding tert-OH is 1. The van der Waals surface area contributed by atoms with Gasteiger partial charge in [-0.1, -0.05) is 18.5 Å². The maximum atomic E-state index is 11.5. The van der Waals surface area contributed by atoms with Crippen LogP contribution in [0.5, 0.6) is 0 Å². The fourth-order valence-corrected chi connectivity index (χ4v) is 1.07. The summed E-state index contributed by atoms with van der Waals surface area (Å²) in [7, 11) is 0. The smallest absolute Gasteiger partial charge is 0.272 e. The minimum Gasteiger partial charge on any atom is -0.394 e. The molecule has 0 saturated heterocycles. The molecule has 0 aliphatic heterocycles. The topological polar surface area (TPSA) is 75.1 Å². The Morgan fingerprint density at radius 3 is 2.80 bits per heavy atom. The number of aliphatic hydroxyl groups is 1. The quantitative estimate of drug-likeness (QED) is 0.794. The van der Waals surface area contributed by atoms with Crippen LogP contribution in [0.2, 0.25) is 5.15 Å². The number of hydrogen-bond donors (Lipinski definition) is 2. The third kappa shape index (κ3) is 3.45. The first-order valence-electron chi connectivity index (χ1n) is 4.58. The Kier molecular flexibility index (Phi) is 4.45. The van der Waals surface area contributed by atoms with Crippen molar-refractivity contribution in [2.24, 2.45) is 0 Å². The van der Waals surface area contributed by atoms with Crippen molar-refractivity contribution in [2.45, 2.75) is 19.4 Å². The normalized spacial score (nSPS) is 12.2. The van der Waals surface area contributed by atoms with Crippen LogP contribution < -0.4 is 5.32 Å². The Morgan fingerprint density at radius 2 is 2.33 bits per heavy atom. The molecular weight excluding hydrogens is 218 g/mol. The largest absolute Gasteiger partial charge is 0.394 e. The van der Waals surface area contributed by atoms with Crippen molar-refractivity contribution >= 4 is 17.5 Å². The third-order valence-corrected chi connectivity index (χ3v) is 2.11. The van der Waals surface area contributed by atoms with Crippen molar-refractivity contribution < 1.29 is 9.90 Å². The number of aromatic nitrogens is 2. The fraction of sp³-hybridized carbons (Fsp3) is 0.444. The predicted octanol–water partition coefficient (Wildman–Crippen LogP) is 0.631. The number of carbonyl (C=O) groups is 1. The van der Waals surface area contributed by atoms with Gasteiger partial charge in [-0.3, -0.25) is 4.79 Å². The molecule has 1 rings (SSSR count). The van der Waals surface area contributed by atoms with Gasteiger partial charge in [-0.05, 0) is 18.6 Å². The van der Waals surface area contributed by atoms with E-state index in [1.165, 1.54) is 12.1 Å². The molecule has 0 saturated carbocycles. The van der Waals surface area contributed by atoms with Crippen molar-refractivity contribution in [3.63, 3.8) is 0 Å². The first-order valence-corrected chi connectivity index (χ1v) is 4.96. The van der Waals surface area contributed by atoms with E-state index in [9.17, 15) is 4.79 Å². The SMILES string of the molecule is CCC(CO)NC(=O)c1ccc(Cl)nn1. The predicted molar refractivity (Wildman–Crippen MR) is 55.7 cm³/mol. The molecule has 6 heteroatoms. The molecule has 0 aromatic carbocycles. The molecule has 1 amide bonds. The highest BCUT2D eigenvalue weighted by atomic mass is 35.5.